The number of pyridine rings is 1. The van der Waals surface area contributed by atoms with Gasteiger partial charge in [0.15, 0.2) is 11.0 Å². The molecule has 1 aromatic carbocycles. The Hall–Kier alpha value is -2.14. The number of hydrogen-bond donors (Lipinski definition) is 0. The molecule has 0 atom stereocenters. The van der Waals surface area contributed by atoms with Crippen LogP contribution in [0.15, 0.2) is 53.9 Å². The molecule has 5 heteroatoms. The molecule has 0 unspecified atom stereocenters. The molecule has 0 aliphatic heterocycles. The Bertz CT molecular complexity index is 735. The van der Waals surface area contributed by atoms with Crippen LogP contribution in [0.3, 0.4) is 0 Å². The van der Waals surface area contributed by atoms with Crippen molar-refractivity contribution >= 4 is 11.8 Å². The first-order valence-electron chi connectivity index (χ1n) is 7.30. The van der Waals surface area contributed by atoms with E-state index in [0.29, 0.717) is 0 Å². The largest absolute Gasteiger partial charge is 0.302 e. The summed E-state index contributed by atoms with van der Waals surface area (Å²) in [6.45, 7) is 5.07. The van der Waals surface area contributed by atoms with E-state index in [0.717, 1.165) is 28.8 Å². The van der Waals surface area contributed by atoms with Crippen LogP contribution in [-0.2, 0) is 12.3 Å². The van der Waals surface area contributed by atoms with Crippen LogP contribution in [-0.4, -0.2) is 19.7 Å². The fraction of sp³-hybridized carbons (Fsp3) is 0.235. The molecule has 0 saturated carbocycles. The van der Waals surface area contributed by atoms with Gasteiger partial charge < -0.3 is 4.57 Å². The first kappa shape index (κ1) is 14.8. The normalized spacial score (nSPS) is 10.8. The highest BCUT2D eigenvalue weighted by atomic mass is 32.2. The van der Waals surface area contributed by atoms with Crippen molar-refractivity contribution in [1.82, 2.24) is 19.7 Å². The maximum atomic E-state index is 4.35. The van der Waals surface area contributed by atoms with Gasteiger partial charge in [0.1, 0.15) is 0 Å². The molecule has 22 heavy (non-hydrogen) atoms. The number of benzene rings is 1. The summed E-state index contributed by atoms with van der Waals surface area (Å²) in [5.41, 5.74) is 3.63. The second kappa shape index (κ2) is 6.75. The molecule has 0 saturated heterocycles. The predicted molar refractivity (Wildman–Crippen MR) is 89.7 cm³/mol. The number of aryl methyl sites for hydroxylation is 1. The van der Waals surface area contributed by atoms with E-state index in [2.05, 4.69) is 57.9 Å². The number of aromatic nitrogens is 4. The van der Waals surface area contributed by atoms with Crippen molar-refractivity contribution < 1.29 is 0 Å². The van der Waals surface area contributed by atoms with Crippen LogP contribution in [0.25, 0.3) is 11.4 Å². The van der Waals surface area contributed by atoms with Gasteiger partial charge >= 0.3 is 0 Å². The highest BCUT2D eigenvalue weighted by Crippen LogP contribution is 2.26. The molecule has 3 aromatic rings. The number of hydrogen-bond acceptors (Lipinski definition) is 4. The lowest BCUT2D eigenvalue weighted by atomic mass is 10.2. The molecule has 0 amide bonds. The smallest absolute Gasteiger partial charge is 0.191 e. The van der Waals surface area contributed by atoms with Crippen molar-refractivity contribution in [2.75, 3.05) is 0 Å². The average Bonchev–Trinajstić information content (AvgIpc) is 2.98. The standard InChI is InChI=1S/C17H18N4S/c1-3-21-16(15-8-10-18-11-9-15)19-20-17(21)22-12-14-6-4-13(2)5-7-14/h4-11H,3,12H2,1-2H3. The molecule has 2 aromatic heterocycles. The van der Waals surface area contributed by atoms with Crippen molar-refractivity contribution in [1.29, 1.82) is 0 Å². The lowest BCUT2D eigenvalue weighted by Gasteiger charge is -2.07. The Morgan fingerprint density at radius 3 is 2.41 bits per heavy atom. The van der Waals surface area contributed by atoms with Crippen molar-refractivity contribution in [3.8, 4) is 11.4 Å². The molecule has 0 spiro atoms. The van der Waals surface area contributed by atoms with Gasteiger partial charge in [-0.2, -0.15) is 0 Å². The Kier molecular flexibility index (Phi) is 4.53. The summed E-state index contributed by atoms with van der Waals surface area (Å²) >= 11 is 1.72. The van der Waals surface area contributed by atoms with Crippen molar-refractivity contribution in [2.45, 2.75) is 31.3 Å². The summed E-state index contributed by atoms with van der Waals surface area (Å²) in [7, 11) is 0. The minimum Gasteiger partial charge on any atom is -0.302 e. The quantitative estimate of drug-likeness (QED) is 0.669. The fourth-order valence-corrected chi connectivity index (χ4v) is 3.19. The molecule has 0 aliphatic rings. The van der Waals surface area contributed by atoms with E-state index in [9.17, 15) is 0 Å². The van der Waals surface area contributed by atoms with E-state index >= 15 is 0 Å². The third-order valence-corrected chi connectivity index (χ3v) is 4.50. The molecule has 0 bridgehead atoms. The number of rotatable bonds is 5. The summed E-state index contributed by atoms with van der Waals surface area (Å²) < 4.78 is 2.15. The third kappa shape index (κ3) is 3.20. The van der Waals surface area contributed by atoms with E-state index in [1.54, 1.807) is 24.2 Å². The van der Waals surface area contributed by atoms with Gasteiger partial charge in [0, 0.05) is 30.3 Å². The zero-order valence-corrected chi connectivity index (χ0v) is 13.5. The van der Waals surface area contributed by atoms with Crippen LogP contribution in [0.1, 0.15) is 18.1 Å². The van der Waals surface area contributed by atoms with E-state index < -0.39 is 0 Å². The molecule has 2 heterocycles. The zero-order valence-electron chi connectivity index (χ0n) is 12.7. The second-order valence-electron chi connectivity index (χ2n) is 5.06. The highest BCUT2D eigenvalue weighted by Gasteiger charge is 2.12. The number of nitrogens with zero attached hydrogens (tertiary/aromatic N) is 4. The maximum Gasteiger partial charge on any atom is 0.191 e. The minimum absolute atomic E-state index is 0.848. The van der Waals surface area contributed by atoms with Crippen molar-refractivity contribution in [3.05, 3.63) is 59.9 Å². The van der Waals surface area contributed by atoms with Crippen LogP contribution in [0.2, 0.25) is 0 Å². The van der Waals surface area contributed by atoms with E-state index in [4.69, 9.17) is 0 Å². The zero-order chi connectivity index (χ0) is 15.4. The first-order valence-corrected chi connectivity index (χ1v) is 8.28. The van der Waals surface area contributed by atoms with Crippen molar-refractivity contribution in [2.24, 2.45) is 0 Å². The molecule has 0 N–H and O–H groups in total. The molecule has 0 radical (unpaired) electrons. The minimum atomic E-state index is 0.848. The molecule has 0 aliphatic carbocycles. The lowest BCUT2D eigenvalue weighted by molar-refractivity contribution is 0.687. The van der Waals surface area contributed by atoms with Crippen LogP contribution in [0, 0.1) is 6.92 Å². The maximum absolute atomic E-state index is 4.35. The SMILES string of the molecule is CCn1c(SCc2ccc(C)cc2)nnc1-c1ccncc1. The van der Waals surface area contributed by atoms with Gasteiger partial charge in [-0.25, -0.2) is 0 Å². The average molecular weight is 310 g/mol. The van der Waals surface area contributed by atoms with Crippen LogP contribution >= 0.6 is 11.8 Å². The van der Waals surface area contributed by atoms with E-state index in [1.807, 2.05) is 12.1 Å². The van der Waals surface area contributed by atoms with Gasteiger partial charge in [-0.15, -0.1) is 10.2 Å². The molecule has 4 nitrogen and oxygen atoms in total. The highest BCUT2D eigenvalue weighted by molar-refractivity contribution is 7.98. The van der Waals surface area contributed by atoms with Gasteiger partial charge in [-0.05, 0) is 31.5 Å². The van der Waals surface area contributed by atoms with E-state index in [-0.39, 0.29) is 0 Å². The molecule has 3 rings (SSSR count). The van der Waals surface area contributed by atoms with Crippen molar-refractivity contribution in [3.63, 3.8) is 0 Å². The Morgan fingerprint density at radius 2 is 1.73 bits per heavy atom. The summed E-state index contributed by atoms with van der Waals surface area (Å²) in [5, 5.41) is 9.65. The Labute approximate surface area is 134 Å². The molecule has 0 fully saturated rings. The van der Waals surface area contributed by atoms with E-state index in [1.165, 1.54) is 11.1 Å². The summed E-state index contributed by atoms with van der Waals surface area (Å²) in [6.07, 6.45) is 3.56. The van der Waals surface area contributed by atoms with Gasteiger partial charge in [0.25, 0.3) is 0 Å². The monoisotopic (exact) mass is 310 g/mol. The second-order valence-corrected chi connectivity index (χ2v) is 6.00. The summed E-state index contributed by atoms with van der Waals surface area (Å²) in [4.78, 5) is 4.05. The topological polar surface area (TPSA) is 43.6 Å². The fourth-order valence-electron chi connectivity index (χ4n) is 2.23. The molecular formula is C17H18N4S. The van der Waals surface area contributed by atoms with Gasteiger partial charge in [-0.1, -0.05) is 41.6 Å². The summed E-state index contributed by atoms with van der Waals surface area (Å²) in [5.74, 6) is 1.80. The predicted octanol–water partition coefficient (Wildman–Crippen LogP) is 3.96. The van der Waals surface area contributed by atoms with Gasteiger partial charge in [-0.3, -0.25) is 4.98 Å². The summed E-state index contributed by atoms with van der Waals surface area (Å²) in [6, 6.07) is 12.5. The Morgan fingerprint density at radius 1 is 1.00 bits per heavy atom. The lowest BCUT2D eigenvalue weighted by Crippen LogP contribution is -1.99. The van der Waals surface area contributed by atoms with Crippen LogP contribution in [0.4, 0.5) is 0 Å². The Balaban J connectivity index is 1.80. The molecule has 112 valence electrons. The van der Waals surface area contributed by atoms with Gasteiger partial charge in [0.05, 0.1) is 0 Å². The number of thioether (sulfide) groups is 1. The van der Waals surface area contributed by atoms with Gasteiger partial charge in [0.2, 0.25) is 0 Å². The first-order chi connectivity index (χ1) is 10.8. The van der Waals surface area contributed by atoms with Crippen LogP contribution < -0.4 is 0 Å². The third-order valence-electron chi connectivity index (χ3n) is 3.46. The van der Waals surface area contributed by atoms with Crippen LogP contribution in [0.5, 0.6) is 0 Å². The molecular weight excluding hydrogens is 292 g/mol.